The monoisotopic (exact) mass is 285 g/mol. The average molecular weight is 285 g/mol. The Hall–Kier alpha value is -1.07. The molecule has 1 rings (SSSR count). The summed E-state index contributed by atoms with van der Waals surface area (Å²) in [5.41, 5.74) is 1.28. The van der Waals surface area contributed by atoms with E-state index in [0.29, 0.717) is 6.54 Å². The van der Waals surface area contributed by atoms with E-state index in [-0.39, 0.29) is 5.75 Å². The zero-order valence-electron chi connectivity index (χ0n) is 11.9. The Kier molecular flexibility index (Phi) is 6.31. The molecule has 0 heterocycles. The Morgan fingerprint density at radius 2 is 1.79 bits per heavy atom. The molecule has 0 N–H and O–H groups in total. The SMILES string of the molecule is COc1ccc(CCCN(C)CCS(C)(=O)=O)cc1. The maximum absolute atomic E-state index is 11.1. The van der Waals surface area contributed by atoms with Gasteiger partial charge < -0.3 is 9.64 Å². The summed E-state index contributed by atoms with van der Waals surface area (Å²) >= 11 is 0. The summed E-state index contributed by atoms with van der Waals surface area (Å²) in [5, 5.41) is 0. The van der Waals surface area contributed by atoms with Crippen molar-refractivity contribution in [1.29, 1.82) is 0 Å². The molecule has 0 saturated carbocycles. The fourth-order valence-corrected chi connectivity index (χ4v) is 2.42. The smallest absolute Gasteiger partial charge is 0.148 e. The fourth-order valence-electron chi connectivity index (χ4n) is 1.78. The Morgan fingerprint density at radius 1 is 1.16 bits per heavy atom. The average Bonchev–Trinajstić information content (AvgIpc) is 2.36. The van der Waals surface area contributed by atoms with Gasteiger partial charge in [-0.2, -0.15) is 0 Å². The highest BCUT2D eigenvalue weighted by atomic mass is 32.2. The summed E-state index contributed by atoms with van der Waals surface area (Å²) in [6, 6.07) is 8.05. The highest BCUT2D eigenvalue weighted by Gasteiger charge is 2.05. The van der Waals surface area contributed by atoms with Gasteiger partial charge in [-0.15, -0.1) is 0 Å². The second-order valence-electron chi connectivity index (χ2n) is 4.88. The minimum absolute atomic E-state index is 0.228. The Morgan fingerprint density at radius 3 is 2.32 bits per heavy atom. The van der Waals surface area contributed by atoms with Crippen molar-refractivity contribution in [3.05, 3.63) is 29.8 Å². The molecule has 0 aliphatic carbocycles. The van der Waals surface area contributed by atoms with Crippen LogP contribution in [0.3, 0.4) is 0 Å². The maximum Gasteiger partial charge on any atom is 0.148 e. The van der Waals surface area contributed by atoms with E-state index < -0.39 is 9.84 Å². The largest absolute Gasteiger partial charge is 0.497 e. The zero-order valence-corrected chi connectivity index (χ0v) is 12.7. The first-order valence-corrected chi connectivity index (χ1v) is 8.46. The first-order valence-electron chi connectivity index (χ1n) is 6.40. The van der Waals surface area contributed by atoms with Gasteiger partial charge in [0.25, 0.3) is 0 Å². The van der Waals surface area contributed by atoms with Crippen LogP contribution in [0.5, 0.6) is 5.75 Å². The number of nitrogens with zero attached hydrogens (tertiary/aromatic N) is 1. The summed E-state index contributed by atoms with van der Waals surface area (Å²) in [6.07, 6.45) is 3.29. The minimum Gasteiger partial charge on any atom is -0.497 e. The molecule has 0 amide bonds. The Labute approximate surface area is 116 Å². The second-order valence-corrected chi connectivity index (χ2v) is 7.14. The molecule has 5 heteroatoms. The van der Waals surface area contributed by atoms with Crippen LogP contribution in [0.2, 0.25) is 0 Å². The summed E-state index contributed by atoms with van der Waals surface area (Å²) in [7, 11) is 0.756. The number of ether oxygens (including phenoxy) is 1. The predicted molar refractivity (Wildman–Crippen MR) is 78.5 cm³/mol. The van der Waals surface area contributed by atoms with Gasteiger partial charge in [-0.1, -0.05) is 12.1 Å². The minimum atomic E-state index is -2.86. The number of hydrogen-bond acceptors (Lipinski definition) is 4. The van der Waals surface area contributed by atoms with E-state index in [9.17, 15) is 8.42 Å². The van der Waals surface area contributed by atoms with Crippen molar-refractivity contribution in [2.24, 2.45) is 0 Å². The first-order chi connectivity index (χ1) is 8.90. The topological polar surface area (TPSA) is 46.6 Å². The lowest BCUT2D eigenvalue weighted by Gasteiger charge is -2.15. The van der Waals surface area contributed by atoms with Crippen LogP contribution in [0.1, 0.15) is 12.0 Å². The van der Waals surface area contributed by atoms with Gasteiger partial charge in [-0.05, 0) is 44.1 Å². The van der Waals surface area contributed by atoms with Crippen molar-refractivity contribution in [1.82, 2.24) is 4.90 Å². The lowest BCUT2D eigenvalue weighted by atomic mass is 10.1. The van der Waals surface area contributed by atoms with E-state index >= 15 is 0 Å². The van der Waals surface area contributed by atoms with Gasteiger partial charge in [0, 0.05) is 12.8 Å². The van der Waals surface area contributed by atoms with Crippen LogP contribution in [0.4, 0.5) is 0 Å². The van der Waals surface area contributed by atoms with E-state index in [2.05, 4.69) is 17.0 Å². The third-order valence-electron chi connectivity index (χ3n) is 3.01. The molecule has 108 valence electrons. The molecule has 0 aromatic heterocycles. The fraction of sp³-hybridized carbons (Fsp3) is 0.571. The molecule has 0 aliphatic rings. The molecule has 0 saturated heterocycles. The maximum atomic E-state index is 11.1. The van der Waals surface area contributed by atoms with Crippen molar-refractivity contribution in [3.8, 4) is 5.75 Å². The molecule has 0 aliphatic heterocycles. The van der Waals surface area contributed by atoms with Crippen molar-refractivity contribution in [2.75, 3.05) is 39.3 Å². The summed E-state index contributed by atoms with van der Waals surface area (Å²) in [5.74, 6) is 1.10. The van der Waals surface area contributed by atoms with Crippen LogP contribution in [0, 0.1) is 0 Å². The normalized spacial score (nSPS) is 11.8. The van der Waals surface area contributed by atoms with Crippen LogP contribution < -0.4 is 4.74 Å². The van der Waals surface area contributed by atoms with Crippen molar-refractivity contribution >= 4 is 9.84 Å². The lowest BCUT2D eigenvalue weighted by molar-refractivity contribution is 0.348. The van der Waals surface area contributed by atoms with Crippen molar-refractivity contribution < 1.29 is 13.2 Å². The second kappa shape index (κ2) is 7.50. The number of methoxy groups -OCH3 is 1. The van der Waals surface area contributed by atoms with Crippen LogP contribution in [-0.4, -0.2) is 52.6 Å². The van der Waals surface area contributed by atoms with E-state index in [1.165, 1.54) is 11.8 Å². The molecule has 19 heavy (non-hydrogen) atoms. The van der Waals surface area contributed by atoms with E-state index in [1.54, 1.807) is 7.11 Å². The first kappa shape index (κ1) is 16.0. The van der Waals surface area contributed by atoms with Gasteiger partial charge in [0.2, 0.25) is 0 Å². The Balaban J connectivity index is 2.25. The van der Waals surface area contributed by atoms with Crippen LogP contribution in [-0.2, 0) is 16.3 Å². The van der Waals surface area contributed by atoms with Gasteiger partial charge in [0.05, 0.1) is 12.9 Å². The van der Waals surface area contributed by atoms with E-state index in [4.69, 9.17) is 4.74 Å². The molecule has 0 radical (unpaired) electrons. The highest BCUT2D eigenvalue weighted by molar-refractivity contribution is 7.90. The molecule has 0 spiro atoms. The molecule has 1 aromatic rings. The number of hydrogen-bond donors (Lipinski definition) is 0. The third kappa shape index (κ3) is 7.18. The van der Waals surface area contributed by atoms with Crippen LogP contribution in [0.15, 0.2) is 24.3 Å². The molecular formula is C14H23NO3S. The van der Waals surface area contributed by atoms with Crippen molar-refractivity contribution in [3.63, 3.8) is 0 Å². The van der Waals surface area contributed by atoms with Gasteiger partial charge in [0.15, 0.2) is 0 Å². The summed E-state index contributed by atoms with van der Waals surface area (Å²) in [6.45, 7) is 1.50. The van der Waals surface area contributed by atoms with Gasteiger partial charge in [-0.3, -0.25) is 0 Å². The predicted octanol–water partition coefficient (Wildman–Crippen LogP) is 1.60. The Bertz CT molecular complexity index is 468. The number of sulfone groups is 1. The summed E-state index contributed by atoms with van der Waals surface area (Å²) < 4.78 is 27.2. The lowest BCUT2D eigenvalue weighted by Crippen LogP contribution is -2.26. The summed E-state index contributed by atoms with van der Waals surface area (Å²) in [4.78, 5) is 2.06. The number of aryl methyl sites for hydroxylation is 1. The van der Waals surface area contributed by atoms with Crippen molar-refractivity contribution in [2.45, 2.75) is 12.8 Å². The van der Waals surface area contributed by atoms with Gasteiger partial charge in [-0.25, -0.2) is 8.42 Å². The van der Waals surface area contributed by atoms with Gasteiger partial charge in [0.1, 0.15) is 15.6 Å². The molecule has 1 aromatic carbocycles. The highest BCUT2D eigenvalue weighted by Crippen LogP contribution is 2.12. The standard InChI is InChI=1S/C14H23NO3S/c1-15(11-12-19(3,16)17)10-4-5-13-6-8-14(18-2)9-7-13/h6-9H,4-5,10-12H2,1-3H3. The van der Waals surface area contributed by atoms with E-state index in [0.717, 1.165) is 25.1 Å². The quantitative estimate of drug-likeness (QED) is 0.728. The van der Waals surface area contributed by atoms with Gasteiger partial charge >= 0.3 is 0 Å². The zero-order chi connectivity index (χ0) is 14.3. The molecule has 0 bridgehead atoms. The molecular weight excluding hydrogens is 262 g/mol. The molecule has 0 atom stereocenters. The number of rotatable bonds is 8. The molecule has 0 fully saturated rings. The molecule has 0 unspecified atom stereocenters. The number of benzene rings is 1. The molecule has 4 nitrogen and oxygen atoms in total. The van der Waals surface area contributed by atoms with Crippen LogP contribution in [0.25, 0.3) is 0 Å². The van der Waals surface area contributed by atoms with Crippen LogP contribution >= 0.6 is 0 Å². The van der Waals surface area contributed by atoms with E-state index in [1.807, 2.05) is 19.2 Å². The third-order valence-corrected chi connectivity index (χ3v) is 3.93.